The first-order valence-electron chi connectivity index (χ1n) is 22.5. The van der Waals surface area contributed by atoms with E-state index in [9.17, 15) is 28.8 Å². The van der Waals surface area contributed by atoms with Crippen molar-refractivity contribution in [1.29, 1.82) is 0 Å². The van der Waals surface area contributed by atoms with E-state index >= 15 is 0 Å². The molecule has 4 aliphatic rings. The summed E-state index contributed by atoms with van der Waals surface area (Å²) in [5, 5.41) is -0.299. The van der Waals surface area contributed by atoms with Crippen molar-refractivity contribution in [3.63, 3.8) is 0 Å². The summed E-state index contributed by atoms with van der Waals surface area (Å²) in [5.41, 5.74) is 1.43. The Morgan fingerprint density at radius 1 is 0.567 bits per heavy atom. The molecule has 4 heterocycles. The van der Waals surface area contributed by atoms with E-state index in [2.05, 4.69) is 33.9 Å². The first-order valence-corrected chi connectivity index (χ1v) is 25.4. The molecule has 0 N–H and O–H groups in total. The van der Waals surface area contributed by atoms with Crippen LogP contribution in [0.25, 0.3) is 0 Å². The van der Waals surface area contributed by atoms with Gasteiger partial charge in [0.1, 0.15) is 25.4 Å². The summed E-state index contributed by atoms with van der Waals surface area (Å²) in [4.78, 5) is 86.5. The molecule has 4 aromatic carbocycles. The number of hydrogen-bond donors (Lipinski definition) is 0. The Morgan fingerprint density at radius 2 is 0.925 bits per heavy atom. The number of rotatable bonds is 13. The van der Waals surface area contributed by atoms with Gasteiger partial charge in [-0.25, -0.2) is 9.59 Å². The molecule has 4 amide bonds. The molecule has 5 unspecified atom stereocenters. The van der Waals surface area contributed by atoms with Crippen molar-refractivity contribution in [3.05, 3.63) is 143 Å². The molecule has 0 saturated carbocycles. The van der Waals surface area contributed by atoms with E-state index in [1.807, 2.05) is 6.92 Å². The minimum atomic E-state index is -2.68. The van der Waals surface area contributed by atoms with Crippen LogP contribution in [-0.4, -0.2) is 123 Å². The molecule has 8 rings (SSSR count). The van der Waals surface area contributed by atoms with E-state index in [1.54, 1.807) is 116 Å². The maximum absolute atomic E-state index is 14.5. The lowest BCUT2D eigenvalue weighted by atomic mass is 9.85. The highest BCUT2D eigenvalue weighted by molar-refractivity contribution is 6.74. The molecule has 0 aromatic heterocycles. The second-order valence-corrected chi connectivity index (χ2v) is 23.7. The second-order valence-electron chi connectivity index (χ2n) is 18.9. The van der Waals surface area contributed by atoms with Crippen LogP contribution in [0.1, 0.15) is 96.8 Å². The SMILES string of the molecule is CO[C@H]1OC(COC(=O)c2ccccc2)[C@H](OC2OC(COC(=O)c3ccccc3)C(O[Si](C)(C)C(C)(C)C)[C@H](C)[C@@H]2N2C(=O)c3ccccc3C2=O)C(C)[C@H]1N1C(=O)c2ccccc2C1=O. The fourth-order valence-corrected chi connectivity index (χ4v) is 10.6. The van der Waals surface area contributed by atoms with Crippen LogP contribution < -0.4 is 0 Å². The molecular formula is C51H56N2O13Si. The first kappa shape index (κ1) is 47.6. The summed E-state index contributed by atoms with van der Waals surface area (Å²) < 4.78 is 45.4. The Balaban J connectivity index is 1.21. The van der Waals surface area contributed by atoms with E-state index in [-0.39, 0.29) is 46.1 Å². The maximum atomic E-state index is 14.5. The summed E-state index contributed by atoms with van der Waals surface area (Å²) in [6.07, 6.45) is -6.85. The van der Waals surface area contributed by atoms with Gasteiger partial charge in [0, 0.05) is 18.9 Å². The molecule has 352 valence electrons. The number of hydrogen-bond acceptors (Lipinski definition) is 13. The van der Waals surface area contributed by atoms with Gasteiger partial charge in [-0.3, -0.25) is 29.0 Å². The smallest absolute Gasteiger partial charge is 0.338 e. The standard InChI is InChI=1S/C51H56N2O13Si/c1-29-39(52-43(54)33-23-15-16-24-34(33)44(52)55)49(60-6)63-37(27-61-47(58)31-19-11-9-12-20-31)41(29)65-50-40(53-45(56)35-25-17-18-26-36(35)46(53)57)30(2)42(66-67(7,8)51(3,4)5)38(64-50)28-62-48(59)32-21-13-10-14-22-32/h9-26,29-30,37-42,49-50H,27-28H2,1-8H3/t29?,30-,37?,38?,39-,40+,41-,42?,49+,50?/m1/s1. The van der Waals surface area contributed by atoms with Gasteiger partial charge in [0.05, 0.1) is 57.7 Å². The van der Waals surface area contributed by atoms with E-state index in [4.69, 9.17) is 32.8 Å². The number of ether oxygens (including phenoxy) is 6. The van der Waals surface area contributed by atoms with Crippen LogP contribution in [0.4, 0.5) is 0 Å². The van der Waals surface area contributed by atoms with Gasteiger partial charge in [-0.15, -0.1) is 0 Å². The number of esters is 2. The number of amides is 4. The van der Waals surface area contributed by atoms with E-state index in [0.717, 1.165) is 9.80 Å². The molecule has 0 aliphatic carbocycles. The van der Waals surface area contributed by atoms with Gasteiger partial charge in [-0.05, 0) is 66.7 Å². The molecule has 16 heteroatoms. The summed E-state index contributed by atoms with van der Waals surface area (Å²) in [7, 11) is -1.30. The van der Waals surface area contributed by atoms with Gasteiger partial charge < -0.3 is 32.8 Å². The van der Waals surface area contributed by atoms with E-state index in [0.29, 0.717) is 5.56 Å². The quantitative estimate of drug-likeness (QED) is 0.0751. The third-order valence-electron chi connectivity index (χ3n) is 13.8. The van der Waals surface area contributed by atoms with Crippen LogP contribution >= 0.6 is 0 Å². The largest absolute Gasteiger partial charge is 0.459 e. The third-order valence-corrected chi connectivity index (χ3v) is 18.3. The number of carbonyl (C=O) groups is 6. The van der Waals surface area contributed by atoms with Crippen molar-refractivity contribution in [2.45, 2.75) is 102 Å². The van der Waals surface area contributed by atoms with Crippen LogP contribution in [-0.2, 0) is 32.8 Å². The molecule has 2 fully saturated rings. The Labute approximate surface area is 390 Å². The van der Waals surface area contributed by atoms with Gasteiger partial charge >= 0.3 is 11.9 Å². The Hall–Kier alpha value is -5.88. The molecule has 0 radical (unpaired) electrons. The second kappa shape index (κ2) is 19.0. The van der Waals surface area contributed by atoms with Gasteiger partial charge in [-0.1, -0.05) is 95.3 Å². The number of fused-ring (bicyclic) bond motifs is 2. The minimum Gasteiger partial charge on any atom is -0.459 e. The van der Waals surface area contributed by atoms with E-state index < -0.39 is 105 Å². The normalized spacial score (nSPS) is 27.5. The van der Waals surface area contributed by atoms with Gasteiger partial charge in [0.2, 0.25) is 0 Å². The number of carbonyl (C=O) groups excluding carboxylic acids is 6. The highest BCUT2D eigenvalue weighted by Gasteiger charge is 2.58. The molecular weight excluding hydrogens is 877 g/mol. The predicted molar refractivity (Wildman–Crippen MR) is 245 cm³/mol. The van der Waals surface area contributed by atoms with Gasteiger partial charge in [0.25, 0.3) is 23.6 Å². The summed E-state index contributed by atoms with van der Waals surface area (Å²) in [6, 6.07) is 27.6. The van der Waals surface area contributed by atoms with Crippen molar-refractivity contribution in [2.24, 2.45) is 11.8 Å². The van der Waals surface area contributed by atoms with Crippen molar-refractivity contribution >= 4 is 43.9 Å². The lowest BCUT2D eigenvalue weighted by Gasteiger charge is -2.53. The number of nitrogens with zero attached hydrogens (tertiary/aromatic N) is 2. The molecule has 15 nitrogen and oxygen atoms in total. The monoisotopic (exact) mass is 932 g/mol. The van der Waals surface area contributed by atoms with Gasteiger partial charge in [0.15, 0.2) is 20.9 Å². The zero-order chi connectivity index (χ0) is 47.9. The topological polar surface area (TPSA) is 174 Å². The molecule has 2 saturated heterocycles. The molecule has 67 heavy (non-hydrogen) atoms. The Morgan fingerprint density at radius 3 is 1.33 bits per heavy atom. The number of benzene rings is 4. The molecule has 0 spiro atoms. The molecule has 10 atom stereocenters. The van der Waals surface area contributed by atoms with Crippen LogP contribution in [0.5, 0.6) is 0 Å². The van der Waals surface area contributed by atoms with Crippen molar-refractivity contribution in [1.82, 2.24) is 9.80 Å². The summed E-state index contributed by atoms with van der Waals surface area (Å²) >= 11 is 0. The molecule has 4 aliphatic heterocycles. The van der Waals surface area contributed by atoms with Crippen molar-refractivity contribution in [3.8, 4) is 0 Å². The third kappa shape index (κ3) is 9.01. The van der Waals surface area contributed by atoms with Crippen LogP contribution in [0.3, 0.4) is 0 Å². The number of methoxy groups -OCH3 is 1. The molecule has 4 aromatic rings. The van der Waals surface area contributed by atoms with Gasteiger partial charge in [-0.2, -0.15) is 0 Å². The lowest BCUT2D eigenvalue weighted by molar-refractivity contribution is -0.324. The minimum absolute atomic E-state index is 0.202. The zero-order valence-electron chi connectivity index (χ0n) is 38.8. The highest BCUT2D eigenvalue weighted by Crippen LogP contribution is 2.45. The average molecular weight is 933 g/mol. The lowest BCUT2D eigenvalue weighted by Crippen LogP contribution is -2.68. The van der Waals surface area contributed by atoms with Crippen LogP contribution in [0.15, 0.2) is 109 Å². The maximum Gasteiger partial charge on any atom is 0.338 e. The van der Waals surface area contributed by atoms with Crippen molar-refractivity contribution in [2.75, 3.05) is 20.3 Å². The number of imide groups is 2. The average Bonchev–Trinajstić information content (AvgIpc) is 3.72. The van der Waals surface area contributed by atoms with E-state index in [1.165, 1.54) is 7.11 Å². The van der Waals surface area contributed by atoms with Crippen molar-refractivity contribution < 1.29 is 61.6 Å². The molecule has 0 bridgehead atoms. The fourth-order valence-electron chi connectivity index (χ4n) is 9.17. The Bertz CT molecular complexity index is 2460. The highest BCUT2D eigenvalue weighted by atomic mass is 28.4. The zero-order valence-corrected chi connectivity index (χ0v) is 39.8. The predicted octanol–water partition coefficient (Wildman–Crippen LogP) is 7.17. The first-order chi connectivity index (χ1) is 31.9. The Kier molecular flexibility index (Phi) is 13.5. The summed E-state index contributed by atoms with van der Waals surface area (Å²) in [5.74, 6) is -5.07. The van der Waals surface area contributed by atoms with Crippen LogP contribution in [0.2, 0.25) is 18.1 Å². The van der Waals surface area contributed by atoms with Crippen LogP contribution in [0, 0.1) is 11.8 Å². The fraction of sp³-hybridized carbons (Fsp3) is 0.412. The summed E-state index contributed by atoms with van der Waals surface area (Å²) in [6.45, 7) is 13.3.